The maximum absolute atomic E-state index is 10.7. The zero-order valence-electron chi connectivity index (χ0n) is 6.61. The summed E-state index contributed by atoms with van der Waals surface area (Å²) in [6.45, 7) is 2.48. The van der Waals surface area contributed by atoms with E-state index >= 15 is 0 Å². The minimum atomic E-state index is -0.602. The van der Waals surface area contributed by atoms with E-state index in [0.29, 0.717) is 6.61 Å². The van der Waals surface area contributed by atoms with Crippen molar-refractivity contribution in [2.75, 3.05) is 6.61 Å². The van der Waals surface area contributed by atoms with E-state index in [1.807, 2.05) is 6.92 Å². The van der Waals surface area contributed by atoms with Crippen LogP contribution in [-0.4, -0.2) is 21.3 Å². The number of rotatable bonds is 4. The van der Waals surface area contributed by atoms with Gasteiger partial charge in [-0.15, -0.1) is 4.37 Å². The Morgan fingerprint density at radius 1 is 1.67 bits per heavy atom. The molecule has 5 nitrogen and oxygen atoms in total. The molecule has 0 aromatic carbocycles. The van der Waals surface area contributed by atoms with Crippen molar-refractivity contribution in [3.05, 3.63) is 5.69 Å². The van der Waals surface area contributed by atoms with Crippen molar-refractivity contribution in [3.63, 3.8) is 0 Å². The maximum atomic E-state index is 10.7. The van der Waals surface area contributed by atoms with Crippen LogP contribution in [0, 0.1) is 0 Å². The van der Waals surface area contributed by atoms with Gasteiger partial charge in [0.15, 0.2) is 0 Å². The number of carbonyl (C=O) groups excluding carboxylic acids is 1. The van der Waals surface area contributed by atoms with Crippen LogP contribution in [0.1, 0.15) is 23.8 Å². The van der Waals surface area contributed by atoms with Gasteiger partial charge in [0.05, 0.1) is 18.3 Å². The van der Waals surface area contributed by atoms with Gasteiger partial charge in [-0.3, -0.25) is 4.79 Å². The summed E-state index contributed by atoms with van der Waals surface area (Å²) in [5.41, 5.74) is 5.13. The molecule has 0 fully saturated rings. The number of ether oxygens (including phenoxy) is 1. The Morgan fingerprint density at radius 2 is 2.42 bits per heavy atom. The molecule has 1 amide bonds. The van der Waals surface area contributed by atoms with Crippen LogP contribution in [0.25, 0.3) is 0 Å². The highest BCUT2D eigenvalue weighted by molar-refractivity contribution is 6.99. The molecule has 0 atom stereocenters. The molecule has 12 heavy (non-hydrogen) atoms. The molecule has 1 heterocycles. The molecule has 0 unspecified atom stereocenters. The summed E-state index contributed by atoms with van der Waals surface area (Å²) in [6.07, 6.45) is 0.857. The summed E-state index contributed by atoms with van der Waals surface area (Å²) in [7, 11) is 0. The van der Waals surface area contributed by atoms with E-state index in [4.69, 9.17) is 10.5 Å². The molecule has 0 aliphatic heterocycles. The molecule has 1 rings (SSSR count). The Bertz CT molecular complexity index is 274. The Kier molecular flexibility index (Phi) is 2.98. The quantitative estimate of drug-likeness (QED) is 0.741. The van der Waals surface area contributed by atoms with Gasteiger partial charge >= 0.3 is 0 Å². The predicted octanol–water partition coefficient (Wildman–Crippen LogP) is 0.426. The average molecular weight is 187 g/mol. The molecule has 0 saturated carbocycles. The highest BCUT2D eigenvalue weighted by Crippen LogP contribution is 2.14. The van der Waals surface area contributed by atoms with Crippen LogP contribution < -0.4 is 10.5 Å². The van der Waals surface area contributed by atoms with Crippen LogP contribution in [0.2, 0.25) is 0 Å². The number of hydrogen-bond donors (Lipinski definition) is 1. The van der Waals surface area contributed by atoms with E-state index < -0.39 is 5.91 Å². The molecule has 0 spiro atoms. The normalized spacial score (nSPS) is 9.75. The third-order valence-electron chi connectivity index (χ3n) is 1.13. The van der Waals surface area contributed by atoms with Crippen molar-refractivity contribution in [3.8, 4) is 5.88 Å². The van der Waals surface area contributed by atoms with Gasteiger partial charge in [-0.05, 0) is 6.42 Å². The summed E-state index contributed by atoms with van der Waals surface area (Å²) in [5.74, 6) is -0.357. The molecule has 0 aliphatic carbocycles. The third-order valence-corrected chi connectivity index (χ3v) is 1.65. The molecule has 0 aliphatic rings. The first kappa shape index (κ1) is 8.92. The van der Waals surface area contributed by atoms with Crippen LogP contribution >= 0.6 is 11.7 Å². The first-order chi connectivity index (χ1) is 5.75. The summed E-state index contributed by atoms with van der Waals surface area (Å²) >= 11 is 0.919. The summed E-state index contributed by atoms with van der Waals surface area (Å²) in [6, 6.07) is 0. The molecule has 0 bridgehead atoms. The van der Waals surface area contributed by atoms with Crippen molar-refractivity contribution >= 4 is 17.6 Å². The maximum Gasteiger partial charge on any atom is 0.274 e. The lowest BCUT2D eigenvalue weighted by Crippen LogP contribution is -2.13. The van der Waals surface area contributed by atoms with Crippen LogP contribution in [0.3, 0.4) is 0 Å². The van der Waals surface area contributed by atoms with E-state index in [-0.39, 0.29) is 11.6 Å². The van der Waals surface area contributed by atoms with Gasteiger partial charge in [0.25, 0.3) is 11.8 Å². The zero-order chi connectivity index (χ0) is 8.97. The Balaban J connectivity index is 2.70. The molecule has 0 radical (unpaired) electrons. The van der Waals surface area contributed by atoms with E-state index in [9.17, 15) is 4.79 Å². The second kappa shape index (κ2) is 4.01. The van der Waals surface area contributed by atoms with E-state index in [2.05, 4.69) is 8.75 Å². The van der Waals surface area contributed by atoms with Crippen LogP contribution in [0.4, 0.5) is 0 Å². The predicted molar refractivity (Wildman–Crippen MR) is 44.2 cm³/mol. The lowest BCUT2D eigenvalue weighted by Gasteiger charge is -1.99. The van der Waals surface area contributed by atoms with Gasteiger partial charge in [0.1, 0.15) is 0 Å². The van der Waals surface area contributed by atoms with Crippen molar-refractivity contribution in [2.24, 2.45) is 5.73 Å². The number of hydrogen-bond acceptors (Lipinski definition) is 5. The fourth-order valence-electron chi connectivity index (χ4n) is 0.624. The standard InChI is InChI=1S/C6H9N3O2S/c1-2-3-11-6-4(5(7)10)8-12-9-6/h2-3H2,1H3,(H2,7,10). The fraction of sp³-hybridized carbons (Fsp3) is 0.500. The molecule has 1 aromatic heterocycles. The summed E-state index contributed by atoms with van der Waals surface area (Å²) < 4.78 is 12.6. The van der Waals surface area contributed by atoms with Gasteiger partial charge in [-0.2, -0.15) is 4.37 Å². The SMILES string of the molecule is CCCOc1nsnc1C(N)=O. The van der Waals surface area contributed by atoms with Crippen molar-refractivity contribution in [1.82, 2.24) is 8.75 Å². The smallest absolute Gasteiger partial charge is 0.274 e. The second-order valence-corrected chi connectivity index (χ2v) is 2.66. The highest BCUT2D eigenvalue weighted by Gasteiger charge is 2.13. The van der Waals surface area contributed by atoms with Gasteiger partial charge in [0, 0.05) is 0 Å². The fourth-order valence-corrected chi connectivity index (χ4v) is 1.13. The minimum absolute atomic E-state index is 0.119. The number of nitrogens with zero attached hydrogens (tertiary/aromatic N) is 2. The van der Waals surface area contributed by atoms with E-state index in [1.165, 1.54) is 0 Å². The molecule has 2 N–H and O–H groups in total. The van der Waals surface area contributed by atoms with Crippen molar-refractivity contribution < 1.29 is 9.53 Å². The van der Waals surface area contributed by atoms with Gasteiger partial charge in [0.2, 0.25) is 5.69 Å². The van der Waals surface area contributed by atoms with Crippen LogP contribution in [-0.2, 0) is 0 Å². The zero-order valence-corrected chi connectivity index (χ0v) is 7.43. The third kappa shape index (κ3) is 1.91. The first-order valence-electron chi connectivity index (χ1n) is 3.51. The Morgan fingerprint density at radius 3 is 3.00 bits per heavy atom. The molecule has 1 aromatic rings. The minimum Gasteiger partial charge on any atom is -0.475 e. The molecular formula is C6H9N3O2S. The first-order valence-corrected chi connectivity index (χ1v) is 4.24. The second-order valence-electron chi connectivity index (χ2n) is 2.13. The lowest BCUT2D eigenvalue weighted by molar-refractivity contribution is 0.0992. The monoisotopic (exact) mass is 187 g/mol. The summed E-state index contributed by atoms with van der Waals surface area (Å²) in [4.78, 5) is 10.7. The van der Waals surface area contributed by atoms with Crippen molar-refractivity contribution in [1.29, 1.82) is 0 Å². The number of amides is 1. The summed E-state index contributed by atoms with van der Waals surface area (Å²) in [5, 5.41) is 0. The van der Waals surface area contributed by atoms with Crippen LogP contribution in [0.5, 0.6) is 5.88 Å². The number of aromatic nitrogens is 2. The van der Waals surface area contributed by atoms with Crippen LogP contribution in [0.15, 0.2) is 0 Å². The molecular weight excluding hydrogens is 178 g/mol. The Labute approximate surface area is 73.9 Å². The van der Waals surface area contributed by atoms with Gasteiger partial charge in [-0.25, -0.2) is 0 Å². The molecule has 6 heteroatoms. The van der Waals surface area contributed by atoms with Gasteiger partial charge in [-0.1, -0.05) is 6.92 Å². The average Bonchev–Trinajstić information content (AvgIpc) is 2.48. The number of carbonyl (C=O) groups is 1. The lowest BCUT2D eigenvalue weighted by atomic mass is 10.4. The largest absolute Gasteiger partial charge is 0.475 e. The topological polar surface area (TPSA) is 78.1 Å². The number of primary amides is 1. The molecule has 66 valence electrons. The van der Waals surface area contributed by atoms with E-state index in [1.54, 1.807) is 0 Å². The highest BCUT2D eigenvalue weighted by atomic mass is 32.1. The van der Waals surface area contributed by atoms with E-state index in [0.717, 1.165) is 18.1 Å². The van der Waals surface area contributed by atoms with Crippen molar-refractivity contribution in [2.45, 2.75) is 13.3 Å². The van der Waals surface area contributed by atoms with Gasteiger partial charge < -0.3 is 10.5 Å². The number of nitrogens with two attached hydrogens (primary N) is 1. The Hall–Kier alpha value is -1.17. The molecule has 0 saturated heterocycles.